The fraction of sp³-hybridized carbons (Fsp3) is 0.316. The lowest BCUT2D eigenvalue weighted by Gasteiger charge is -2.07. The molecule has 0 spiro atoms. The van der Waals surface area contributed by atoms with E-state index in [0.29, 0.717) is 16.0 Å². The lowest BCUT2D eigenvalue weighted by Crippen LogP contribution is -2.20. The molecule has 0 radical (unpaired) electrons. The highest BCUT2D eigenvalue weighted by Gasteiger charge is 2.23. The molecule has 7 nitrogen and oxygen atoms in total. The molecule has 0 saturated heterocycles. The van der Waals surface area contributed by atoms with Crippen molar-refractivity contribution in [1.82, 2.24) is 15.0 Å². The second-order valence-corrected chi connectivity index (χ2v) is 8.34. The summed E-state index contributed by atoms with van der Waals surface area (Å²) in [6.45, 7) is 0. The molecule has 0 aromatic carbocycles. The topological polar surface area (TPSA) is 96.9 Å². The van der Waals surface area contributed by atoms with Crippen LogP contribution < -0.4 is 10.6 Å². The second-order valence-electron chi connectivity index (χ2n) is 6.62. The van der Waals surface area contributed by atoms with E-state index in [1.54, 1.807) is 17.8 Å². The van der Waals surface area contributed by atoms with Crippen molar-refractivity contribution >= 4 is 44.8 Å². The van der Waals surface area contributed by atoms with E-state index in [1.165, 1.54) is 22.7 Å². The highest BCUT2D eigenvalue weighted by molar-refractivity contribution is 7.14. The average molecular weight is 414 g/mol. The molecule has 2 N–H and O–H groups in total. The van der Waals surface area contributed by atoms with Gasteiger partial charge in [0.1, 0.15) is 0 Å². The van der Waals surface area contributed by atoms with Crippen LogP contribution in [0.3, 0.4) is 0 Å². The van der Waals surface area contributed by atoms with Crippen LogP contribution in [0.4, 0.5) is 10.3 Å². The lowest BCUT2D eigenvalue weighted by atomic mass is 10.1. The number of carbonyl (C=O) groups is 2. The van der Waals surface area contributed by atoms with Gasteiger partial charge < -0.3 is 10.6 Å². The molecule has 9 heteroatoms. The smallest absolute Gasteiger partial charge is 0.232 e. The second kappa shape index (κ2) is 8.57. The highest BCUT2D eigenvalue weighted by atomic mass is 32.1. The van der Waals surface area contributed by atoms with Gasteiger partial charge in [0.05, 0.1) is 17.8 Å². The summed E-state index contributed by atoms with van der Waals surface area (Å²) in [5.74, 6) is -0.0609. The third kappa shape index (κ3) is 4.60. The maximum atomic E-state index is 12.3. The number of nitrogens with zero attached hydrogens (tertiary/aromatic N) is 3. The van der Waals surface area contributed by atoms with Crippen molar-refractivity contribution < 1.29 is 9.59 Å². The van der Waals surface area contributed by atoms with E-state index in [2.05, 4.69) is 25.6 Å². The summed E-state index contributed by atoms with van der Waals surface area (Å²) in [6, 6.07) is 3.77. The summed E-state index contributed by atoms with van der Waals surface area (Å²) in [5, 5.41) is 10.4. The van der Waals surface area contributed by atoms with Crippen molar-refractivity contribution in [2.75, 3.05) is 10.6 Å². The molecule has 1 saturated carbocycles. The first kappa shape index (κ1) is 18.7. The number of carbonyl (C=O) groups excluding carboxylic acids is 2. The number of anilines is 2. The van der Waals surface area contributed by atoms with Crippen LogP contribution in [0.2, 0.25) is 0 Å². The Bertz CT molecular complexity index is 964. The molecular formula is C19H19N5O2S2. The van der Waals surface area contributed by atoms with Gasteiger partial charge in [0, 0.05) is 34.6 Å². The van der Waals surface area contributed by atoms with Crippen LogP contribution in [-0.4, -0.2) is 26.8 Å². The monoisotopic (exact) mass is 413 g/mol. The van der Waals surface area contributed by atoms with E-state index < -0.39 is 0 Å². The van der Waals surface area contributed by atoms with Gasteiger partial charge in [-0.2, -0.15) is 0 Å². The molecule has 3 aromatic rings. The fourth-order valence-corrected chi connectivity index (χ4v) is 4.60. The Morgan fingerprint density at radius 3 is 2.64 bits per heavy atom. The van der Waals surface area contributed by atoms with Gasteiger partial charge in [-0.3, -0.25) is 14.6 Å². The summed E-state index contributed by atoms with van der Waals surface area (Å²) in [4.78, 5) is 37.3. The summed E-state index contributed by atoms with van der Waals surface area (Å²) >= 11 is 2.71. The number of amides is 2. The molecule has 4 rings (SSSR count). The minimum Gasteiger partial charge on any atom is -0.302 e. The van der Waals surface area contributed by atoms with Gasteiger partial charge in [-0.25, -0.2) is 9.97 Å². The molecule has 1 aliphatic rings. The van der Waals surface area contributed by atoms with Crippen LogP contribution >= 0.6 is 22.7 Å². The van der Waals surface area contributed by atoms with Crippen LogP contribution in [0, 0.1) is 5.92 Å². The van der Waals surface area contributed by atoms with Gasteiger partial charge in [0.2, 0.25) is 11.8 Å². The summed E-state index contributed by atoms with van der Waals surface area (Å²) in [6.07, 6.45) is 7.69. The number of pyridine rings is 1. The van der Waals surface area contributed by atoms with E-state index in [4.69, 9.17) is 0 Å². The minimum absolute atomic E-state index is 0.0357. The summed E-state index contributed by atoms with van der Waals surface area (Å²) < 4.78 is 0. The molecule has 0 unspecified atom stereocenters. The zero-order chi connectivity index (χ0) is 19.3. The normalized spacial score (nSPS) is 14.1. The molecule has 3 heterocycles. The Kier molecular flexibility index (Phi) is 5.73. The van der Waals surface area contributed by atoms with Crippen molar-refractivity contribution in [3.8, 4) is 11.3 Å². The lowest BCUT2D eigenvalue weighted by molar-refractivity contribution is -0.119. The predicted octanol–water partition coefficient (Wildman–Crippen LogP) is 3.97. The Labute approximate surface area is 170 Å². The number of nitrogens with one attached hydrogen (secondary N) is 2. The Morgan fingerprint density at radius 2 is 1.86 bits per heavy atom. The van der Waals surface area contributed by atoms with Crippen molar-refractivity contribution in [1.29, 1.82) is 0 Å². The van der Waals surface area contributed by atoms with Crippen LogP contribution in [0.5, 0.6) is 0 Å². The molecule has 2 amide bonds. The van der Waals surface area contributed by atoms with Crippen molar-refractivity contribution in [3.63, 3.8) is 0 Å². The number of rotatable bonds is 6. The number of hydrogen-bond donors (Lipinski definition) is 2. The van der Waals surface area contributed by atoms with Gasteiger partial charge in [-0.1, -0.05) is 12.8 Å². The zero-order valence-corrected chi connectivity index (χ0v) is 16.7. The highest BCUT2D eigenvalue weighted by Crippen LogP contribution is 2.27. The van der Waals surface area contributed by atoms with Crippen molar-refractivity contribution in [2.24, 2.45) is 5.92 Å². The van der Waals surface area contributed by atoms with E-state index in [-0.39, 0.29) is 24.2 Å². The van der Waals surface area contributed by atoms with Crippen LogP contribution in [-0.2, 0) is 16.0 Å². The standard InChI is InChI=1S/C19H19N5O2S2/c25-16(23-19-22-15(11-28-19)13-6-3-7-20-9-13)8-14-10-27-18(21-14)24-17(26)12-4-1-2-5-12/h3,6-7,9-12H,1-2,4-5,8H2,(H,21,24,26)(H,22,23,25). The largest absolute Gasteiger partial charge is 0.302 e. The van der Waals surface area contributed by atoms with Crippen LogP contribution in [0.25, 0.3) is 11.3 Å². The zero-order valence-electron chi connectivity index (χ0n) is 15.1. The van der Waals surface area contributed by atoms with Crippen LogP contribution in [0.1, 0.15) is 31.4 Å². The minimum atomic E-state index is -0.189. The fourth-order valence-electron chi connectivity index (χ4n) is 3.15. The Hall–Kier alpha value is -2.65. The van der Waals surface area contributed by atoms with E-state index in [1.807, 2.05) is 17.5 Å². The van der Waals surface area contributed by atoms with Gasteiger partial charge in [0.15, 0.2) is 10.3 Å². The molecule has 0 bridgehead atoms. The molecule has 0 atom stereocenters. The predicted molar refractivity (Wildman–Crippen MR) is 110 cm³/mol. The number of hydrogen-bond acceptors (Lipinski definition) is 7. The molecular weight excluding hydrogens is 394 g/mol. The molecule has 0 aliphatic heterocycles. The first-order valence-corrected chi connectivity index (χ1v) is 10.8. The first-order chi connectivity index (χ1) is 13.7. The average Bonchev–Trinajstić information content (AvgIpc) is 3.44. The van der Waals surface area contributed by atoms with Gasteiger partial charge in [-0.05, 0) is 25.0 Å². The summed E-state index contributed by atoms with van der Waals surface area (Å²) in [7, 11) is 0. The third-order valence-corrected chi connectivity index (χ3v) is 6.12. The third-order valence-electron chi connectivity index (χ3n) is 4.56. The maximum Gasteiger partial charge on any atom is 0.232 e. The van der Waals surface area contributed by atoms with Gasteiger partial charge in [-0.15, -0.1) is 22.7 Å². The number of aromatic nitrogens is 3. The Morgan fingerprint density at radius 1 is 1.07 bits per heavy atom. The van der Waals surface area contributed by atoms with E-state index in [0.717, 1.165) is 36.9 Å². The van der Waals surface area contributed by atoms with Crippen molar-refractivity contribution in [2.45, 2.75) is 32.1 Å². The maximum absolute atomic E-state index is 12.3. The van der Waals surface area contributed by atoms with E-state index >= 15 is 0 Å². The summed E-state index contributed by atoms with van der Waals surface area (Å²) in [5.41, 5.74) is 2.31. The van der Waals surface area contributed by atoms with Crippen molar-refractivity contribution in [3.05, 3.63) is 41.0 Å². The molecule has 144 valence electrons. The van der Waals surface area contributed by atoms with E-state index in [9.17, 15) is 9.59 Å². The SMILES string of the molecule is O=C(Cc1csc(NC(=O)C2CCCC2)n1)Nc1nc(-c2cccnc2)cs1. The molecule has 1 aliphatic carbocycles. The Balaban J connectivity index is 1.31. The molecule has 3 aromatic heterocycles. The molecule has 1 fully saturated rings. The number of thiazole rings is 2. The van der Waals surface area contributed by atoms with Crippen LogP contribution in [0.15, 0.2) is 35.3 Å². The quantitative estimate of drug-likeness (QED) is 0.637. The van der Waals surface area contributed by atoms with Gasteiger partial charge in [0.25, 0.3) is 0 Å². The molecule has 28 heavy (non-hydrogen) atoms. The first-order valence-electron chi connectivity index (χ1n) is 9.08. The van der Waals surface area contributed by atoms with Gasteiger partial charge >= 0.3 is 0 Å².